The Labute approximate surface area is 134 Å². The van der Waals surface area contributed by atoms with E-state index in [1.165, 1.54) is 5.56 Å². The van der Waals surface area contributed by atoms with Gasteiger partial charge in [-0.2, -0.15) is 0 Å². The molecule has 1 fully saturated rings. The van der Waals surface area contributed by atoms with Gasteiger partial charge < -0.3 is 14.6 Å². The fourth-order valence-corrected chi connectivity index (χ4v) is 3.06. The number of aliphatic hydroxyl groups is 1. The first kappa shape index (κ1) is 17.3. The lowest BCUT2D eigenvalue weighted by Crippen LogP contribution is -2.41. The van der Waals surface area contributed by atoms with Gasteiger partial charge in [0.25, 0.3) is 0 Å². The summed E-state index contributed by atoms with van der Waals surface area (Å²) < 4.78 is 10.9. The summed E-state index contributed by atoms with van der Waals surface area (Å²) in [6.45, 7) is 6.68. The van der Waals surface area contributed by atoms with Crippen molar-refractivity contribution in [2.24, 2.45) is 5.41 Å². The van der Waals surface area contributed by atoms with E-state index in [0.29, 0.717) is 19.8 Å². The molecule has 0 spiro atoms. The Balaban J connectivity index is 1.92. The predicted octanol–water partition coefficient (Wildman–Crippen LogP) is 2.70. The molecule has 4 heteroatoms. The number of nitrogens with zero attached hydrogens (tertiary/aromatic N) is 1. The fraction of sp³-hybridized carbons (Fsp3) is 0.667. The third-order valence-corrected chi connectivity index (χ3v) is 4.91. The zero-order valence-corrected chi connectivity index (χ0v) is 13.9. The lowest BCUT2D eigenvalue weighted by atomic mass is 9.77. The molecule has 0 bridgehead atoms. The molecule has 0 saturated carbocycles. The van der Waals surface area contributed by atoms with Crippen molar-refractivity contribution in [3.8, 4) is 5.75 Å². The molecule has 0 radical (unpaired) electrons. The van der Waals surface area contributed by atoms with E-state index < -0.39 is 0 Å². The molecule has 1 aliphatic rings. The molecule has 0 amide bonds. The van der Waals surface area contributed by atoms with Crippen LogP contribution in [0.4, 0.5) is 0 Å². The molecular weight excluding hydrogens is 278 g/mol. The first-order valence-electron chi connectivity index (χ1n) is 8.26. The highest BCUT2D eigenvalue weighted by atomic mass is 16.5. The minimum Gasteiger partial charge on any atom is -0.491 e. The lowest BCUT2D eigenvalue weighted by Gasteiger charge is -2.40. The maximum atomic E-state index is 9.63. The van der Waals surface area contributed by atoms with Gasteiger partial charge >= 0.3 is 0 Å². The quantitative estimate of drug-likeness (QED) is 0.750. The lowest BCUT2D eigenvalue weighted by molar-refractivity contribution is 0.0378. The number of likely N-dealkylation sites (tertiary alicyclic amines) is 1. The van der Waals surface area contributed by atoms with Crippen LogP contribution in [-0.2, 0) is 11.3 Å². The van der Waals surface area contributed by atoms with Gasteiger partial charge in [-0.3, -0.25) is 4.90 Å². The normalized spacial score (nSPS) is 18.3. The van der Waals surface area contributed by atoms with E-state index in [-0.39, 0.29) is 5.41 Å². The Hall–Kier alpha value is -1.10. The smallest absolute Gasteiger partial charge is 0.123 e. The summed E-state index contributed by atoms with van der Waals surface area (Å²) in [4.78, 5) is 2.46. The van der Waals surface area contributed by atoms with Gasteiger partial charge in [-0.15, -0.1) is 0 Å². The van der Waals surface area contributed by atoms with Crippen LogP contribution in [0.5, 0.6) is 5.75 Å². The largest absolute Gasteiger partial charge is 0.491 e. The average Bonchev–Trinajstić information content (AvgIpc) is 2.58. The molecule has 1 aromatic carbocycles. The number of hydrogen-bond donors (Lipinski definition) is 1. The van der Waals surface area contributed by atoms with Gasteiger partial charge in [0, 0.05) is 25.8 Å². The van der Waals surface area contributed by atoms with E-state index in [9.17, 15) is 5.11 Å². The van der Waals surface area contributed by atoms with Crippen LogP contribution in [0.2, 0.25) is 0 Å². The SMILES string of the molecule is CCC1(CO)CCN(Cc2ccccc2OCCOC)CC1. The predicted molar refractivity (Wildman–Crippen MR) is 88.1 cm³/mol. The maximum Gasteiger partial charge on any atom is 0.123 e. The van der Waals surface area contributed by atoms with E-state index in [0.717, 1.165) is 44.6 Å². The van der Waals surface area contributed by atoms with Gasteiger partial charge in [-0.1, -0.05) is 25.1 Å². The number of ether oxygens (including phenoxy) is 2. The third-order valence-electron chi connectivity index (χ3n) is 4.91. The summed E-state index contributed by atoms with van der Waals surface area (Å²) in [6.07, 6.45) is 3.22. The monoisotopic (exact) mass is 307 g/mol. The summed E-state index contributed by atoms with van der Waals surface area (Å²) in [5.74, 6) is 0.953. The van der Waals surface area contributed by atoms with Crippen LogP contribution >= 0.6 is 0 Å². The number of benzene rings is 1. The van der Waals surface area contributed by atoms with Crippen molar-refractivity contribution in [2.75, 3.05) is 40.0 Å². The van der Waals surface area contributed by atoms with Crippen molar-refractivity contribution in [2.45, 2.75) is 32.7 Å². The molecule has 0 aliphatic carbocycles. The summed E-state index contributed by atoms with van der Waals surface area (Å²) >= 11 is 0. The van der Waals surface area contributed by atoms with Crippen molar-refractivity contribution in [1.82, 2.24) is 4.90 Å². The molecule has 0 unspecified atom stereocenters. The number of para-hydroxylation sites is 1. The van der Waals surface area contributed by atoms with E-state index in [1.807, 2.05) is 12.1 Å². The first-order valence-corrected chi connectivity index (χ1v) is 8.26. The van der Waals surface area contributed by atoms with Gasteiger partial charge in [0.2, 0.25) is 0 Å². The molecule has 1 N–H and O–H groups in total. The van der Waals surface area contributed by atoms with Crippen LogP contribution in [0, 0.1) is 5.41 Å². The second kappa shape index (κ2) is 8.51. The molecule has 1 aliphatic heterocycles. The molecule has 2 rings (SSSR count). The zero-order valence-electron chi connectivity index (χ0n) is 13.9. The summed E-state index contributed by atoms with van der Waals surface area (Å²) in [5, 5.41) is 9.63. The Bertz CT molecular complexity index is 436. The van der Waals surface area contributed by atoms with Gasteiger partial charge in [0.1, 0.15) is 12.4 Å². The number of rotatable bonds is 8. The highest BCUT2D eigenvalue weighted by molar-refractivity contribution is 5.33. The van der Waals surface area contributed by atoms with Crippen molar-refractivity contribution in [1.29, 1.82) is 0 Å². The van der Waals surface area contributed by atoms with E-state index >= 15 is 0 Å². The maximum absolute atomic E-state index is 9.63. The molecule has 0 aromatic heterocycles. The van der Waals surface area contributed by atoms with E-state index in [1.54, 1.807) is 7.11 Å². The molecule has 1 saturated heterocycles. The van der Waals surface area contributed by atoms with Crippen LogP contribution in [0.3, 0.4) is 0 Å². The van der Waals surface area contributed by atoms with Crippen molar-refractivity contribution in [3.63, 3.8) is 0 Å². The zero-order chi connectivity index (χ0) is 15.8. The average molecular weight is 307 g/mol. The van der Waals surface area contributed by atoms with Gasteiger partial charge in [0.15, 0.2) is 0 Å². The Morgan fingerprint density at radius 1 is 1.18 bits per heavy atom. The Kier molecular flexibility index (Phi) is 6.68. The van der Waals surface area contributed by atoms with Gasteiger partial charge in [-0.25, -0.2) is 0 Å². The first-order chi connectivity index (χ1) is 10.7. The van der Waals surface area contributed by atoms with E-state index in [2.05, 4.69) is 24.0 Å². The molecule has 4 nitrogen and oxygen atoms in total. The summed E-state index contributed by atoms with van der Waals surface area (Å²) in [6, 6.07) is 8.23. The minimum atomic E-state index is 0.144. The third kappa shape index (κ3) is 4.45. The van der Waals surface area contributed by atoms with Crippen LogP contribution in [0.15, 0.2) is 24.3 Å². The molecule has 1 aromatic rings. The van der Waals surface area contributed by atoms with E-state index in [4.69, 9.17) is 9.47 Å². The van der Waals surface area contributed by atoms with Crippen LogP contribution in [0.25, 0.3) is 0 Å². The Morgan fingerprint density at radius 3 is 2.55 bits per heavy atom. The number of aliphatic hydroxyl groups excluding tert-OH is 1. The number of hydrogen-bond acceptors (Lipinski definition) is 4. The molecular formula is C18H29NO3. The van der Waals surface area contributed by atoms with Gasteiger partial charge in [0.05, 0.1) is 6.61 Å². The Morgan fingerprint density at radius 2 is 1.91 bits per heavy atom. The van der Waals surface area contributed by atoms with Crippen LogP contribution < -0.4 is 4.74 Å². The van der Waals surface area contributed by atoms with Crippen LogP contribution in [-0.4, -0.2) is 50.0 Å². The summed E-state index contributed by atoms with van der Waals surface area (Å²) in [7, 11) is 1.68. The second-order valence-electron chi connectivity index (χ2n) is 6.24. The molecule has 1 heterocycles. The fourth-order valence-electron chi connectivity index (χ4n) is 3.06. The minimum absolute atomic E-state index is 0.144. The van der Waals surface area contributed by atoms with Crippen molar-refractivity contribution >= 4 is 0 Å². The molecule has 124 valence electrons. The molecule has 22 heavy (non-hydrogen) atoms. The standard InChI is InChI=1S/C18H29NO3/c1-3-18(15-20)8-10-19(11-9-18)14-16-6-4-5-7-17(16)22-13-12-21-2/h4-7,20H,3,8-15H2,1-2H3. The number of piperidine rings is 1. The van der Waals surface area contributed by atoms with Crippen molar-refractivity contribution in [3.05, 3.63) is 29.8 Å². The highest BCUT2D eigenvalue weighted by Crippen LogP contribution is 2.35. The topological polar surface area (TPSA) is 41.9 Å². The van der Waals surface area contributed by atoms with Crippen LogP contribution in [0.1, 0.15) is 31.7 Å². The summed E-state index contributed by atoms with van der Waals surface area (Å²) in [5.41, 5.74) is 1.37. The second-order valence-corrected chi connectivity index (χ2v) is 6.24. The highest BCUT2D eigenvalue weighted by Gasteiger charge is 2.32. The van der Waals surface area contributed by atoms with Gasteiger partial charge in [-0.05, 0) is 43.8 Å². The number of methoxy groups -OCH3 is 1. The molecule has 0 atom stereocenters. The van der Waals surface area contributed by atoms with Crippen molar-refractivity contribution < 1.29 is 14.6 Å².